The second kappa shape index (κ2) is 7.28. The topological polar surface area (TPSA) is 33.9 Å². The van der Waals surface area contributed by atoms with Crippen molar-refractivity contribution in [3.8, 4) is 11.8 Å². The molecule has 2 aliphatic rings. The Bertz CT molecular complexity index is 521. The van der Waals surface area contributed by atoms with Crippen LogP contribution in [0.1, 0.15) is 31.2 Å². The molecule has 22 heavy (non-hydrogen) atoms. The van der Waals surface area contributed by atoms with Crippen LogP contribution < -0.4 is 4.90 Å². The number of morpholine rings is 1. The lowest BCUT2D eigenvalue weighted by Crippen LogP contribution is -3.14. The van der Waals surface area contributed by atoms with Crippen molar-refractivity contribution in [1.29, 1.82) is 0 Å². The van der Waals surface area contributed by atoms with E-state index >= 15 is 0 Å². The van der Waals surface area contributed by atoms with Gasteiger partial charge in [-0.3, -0.25) is 0 Å². The average molecular weight is 300 g/mol. The molecule has 3 nitrogen and oxygen atoms in total. The van der Waals surface area contributed by atoms with Gasteiger partial charge in [-0.1, -0.05) is 49.1 Å². The fourth-order valence-electron chi connectivity index (χ4n) is 3.59. The number of aliphatic hydroxyl groups is 1. The monoisotopic (exact) mass is 300 g/mol. The van der Waals surface area contributed by atoms with Crippen molar-refractivity contribution in [2.24, 2.45) is 5.92 Å². The summed E-state index contributed by atoms with van der Waals surface area (Å²) in [5, 5.41) is 11.3. The summed E-state index contributed by atoms with van der Waals surface area (Å²) in [6, 6.07) is 9.99. The molecule has 2 N–H and O–H groups in total. The molecule has 0 bridgehead atoms. The Morgan fingerprint density at radius 1 is 1.14 bits per heavy atom. The van der Waals surface area contributed by atoms with Gasteiger partial charge < -0.3 is 14.7 Å². The van der Waals surface area contributed by atoms with Crippen molar-refractivity contribution in [2.75, 3.05) is 32.8 Å². The van der Waals surface area contributed by atoms with E-state index in [1.54, 1.807) is 0 Å². The minimum Gasteiger partial charge on any atom is -0.373 e. The molecule has 0 amide bonds. The number of rotatable bonds is 3. The van der Waals surface area contributed by atoms with Gasteiger partial charge in [0.1, 0.15) is 19.6 Å². The van der Waals surface area contributed by atoms with Crippen LogP contribution in [-0.4, -0.2) is 38.0 Å². The van der Waals surface area contributed by atoms with Gasteiger partial charge in [-0.05, 0) is 24.3 Å². The van der Waals surface area contributed by atoms with Crippen LogP contribution in [0.3, 0.4) is 0 Å². The number of ether oxygens (including phenoxy) is 1. The van der Waals surface area contributed by atoms with Gasteiger partial charge in [-0.25, -0.2) is 0 Å². The molecule has 1 saturated carbocycles. The lowest BCUT2D eigenvalue weighted by molar-refractivity contribution is -0.900. The Hall–Kier alpha value is -1.34. The van der Waals surface area contributed by atoms with Crippen LogP contribution in [0, 0.1) is 17.8 Å². The van der Waals surface area contributed by atoms with Crippen molar-refractivity contribution in [3.05, 3.63) is 35.9 Å². The highest BCUT2D eigenvalue weighted by Gasteiger charge is 2.38. The third-order valence-electron chi connectivity index (χ3n) is 4.98. The first-order valence-electron chi connectivity index (χ1n) is 8.48. The van der Waals surface area contributed by atoms with E-state index in [2.05, 4.69) is 11.8 Å². The van der Waals surface area contributed by atoms with E-state index in [-0.39, 0.29) is 5.92 Å². The summed E-state index contributed by atoms with van der Waals surface area (Å²) in [6.07, 6.45) is 4.56. The summed E-state index contributed by atoms with van der Waals surface area (Å²) in [4.78, 5) is 1.46. The average Bonchev–Trinajstić information content (AvgIpc) is 3.12. The predicted molar refractivity (Wildman–Crippen MR) is 86.5 cm³/mol. The summed E-state index contributed by atoms with van der Waals surface area (Å²) in [7, 11) is 0. The van der Waals surface area contributed by atoms with Gasteiger partial charge in [-0.2, -0.15) is 0 Å². The van der Waals surface area contributed by atoms with Crippen LogP contribution in [0.5, 0.6) is 0 Å². The normalized spacial score (nSPS) is 22.8. The first-order chi connectivity index (χ1) is 10.8. The highest BCUT2D eigenvalue weighted by atomic mass is 16.5. The highest BCUT2D eigenvalue weighted by molar-refractivity contribution is 5.33. The van der Waals surface area contributed by atoms with E-state index in [1.165, 1.54) is 17.7 Å². The first-order valence-corrected chi connectivity index (χ1v) is 8.48. The van der Waals surface area contributed by atoms with Gasteiger partial charge in [0, 0.05) is 5.92 Å². The zero-order chi connectivity index (χ0) is 15.3. The van der Waals surface area contributed by atoms with Crippen molar-refractivity contribution in [3.63, 3.8) is 0 Å². The lowest BCUT2D eigenvalue weighted by Gasteiger charge is -2.29. The van der Waals surface area contributed by atoms with E-state index in [0.29, 0.717) is 0 Å². The molecule has 3 rings (SSSR count). The van der Waals surface area contributed by atoms with Crippen LogP contribution in [0.4, 0.5) is 0 Å². The molecule has 2 fully saturated rings. The molecule has 118 valence electrons. The number of benzene rings is 1. The molecule has 0 spiro atoms. The Balaban J connectivity index is 1.77. The molecule has 0 radical (unpaired) electrons. The molecule has 3 heteroatoms. The molecular formula is C19H26NO2+. The lowest BCUT2D eigenvalue weighted by atomic mass is 9.80. The van der Waals surface area contributed by atoms with Crippen molar-refractivity contribution in [1.82, 2.24) is 0 Å². The Labute approximate surface area is 133 Å². The summed E-state index contributed by atoms with van der Waals surface area (Å²) in [5.74, 6) is 6.79. The maximum absolute atomic E-state index is 11.3. The molecule has 0 aromatic heterocycles. The maximum Gasteiger partial charge on any atom is 0.153 e. The summed E-state index contributed by atoms with van der Waals surface area (Å²) in [5.41, 5.74) is -0.0323. The van der Waals surface area contributed by atoms with E-state index in [0.717, 1.165) is 51.3 Å². The summed E-state index contributed by atoms with van der Waals surface area (Å²) < 4.78 is 5.38. The van der Waals surface area contributed by atoms with Gasteiger partial charge in [0.15, 0.2) is 5.60 Å². The minimum atomic E-state index is -0.983. The molecule has 1 aliphatic carbocycles. The summed E-state index contributed by atoms with van der Waals surface area (Å²) >= 11 is 0. The van der Waals surface area contributed by atoms with Crippen LogP contribution in [-0.2, 0) is 10.3 Å². The fraction of sp³-hybridized carbons (Fsp3) is 0.579. The molecule has 0 unspecified atom stereocenters. The third-order valence-corrected chi connectivity index (χ3v) is 4.98. The van der Waals surface area contributed by atoms with Crippen LogP contribution in [0.25, 0.3) is 0 Å². The molecular weight excluding hydrogens is 274 g/mol. The molecule has 1 aromatic rings. The highest BCUT2D eigenvalue weighted by Crippen LogP contribution is 2.40. The number of hydrogen-bond donors (Lipinski definition) is 2. The van der Waals surface area contributed by atoms with Crippen LogP contribution >= 0.6 is 0 Å². The maximum atomic E-state index is 11.3. The van der Waals surface area contributed by atoms with Crippen LogP contribution in [0.15, 0.2) is 30.3 Å². The second-order valence-corrected chi connectivity index (χ2v) is 6.45. The Kier molecular flexibility index (Phi) is 5.15. The van der Waals surface area contributed by atoms with E-state index in [4.69, 9.17) is 4.74 Å². The predicted octanol–water partition coefficient (Wildman–Crippen LogP) is 0.983. The van der Waals surface area contributed by atoms with Gasteiger partial charge in [0.2, 0.25) is 0 Å². The zero-order valence-electron chi connectivity index (χ0n) is 13.2. The molecule has 1 atom stereocenters. The van der Waals surface area contributed by atoms with E-state index in [1.807, 2.05) is 30.3 Å². The SMILES string of the molecule is O[C@@](C#CC[NH+]1CCOCC1)(c1ccccc1)C1CCCC1. The Morgan fingerprint density at radius 3 is 2.50 bits per heavy atom. The van der Waals surface area contributed by atoms with Gasteiger partial charge in [0.05, 0.1) is 13.2 Å². The number of quaternary nitrogens is 1. The van der Waals surface area contributed by atoms with E-state index < -0.39 is 5.60 Å². The van der Waals surface area contributed by atoms with Crippen molar-refractivity contribution in [2.45, 2.75) is 31.3 Å². The minimum absolute atomic E-state index is 0.266. The van der Waals surface area contributed by atoms with Gasteiger partial charge in [0.25, 0.3) is 0 Å². The molecule has 1 aliphatic heterocycles. The van der Waals surface area contributed by atoms with E-state index in [9.17, 15) is 5.11 Å². The number of nitrogens with one attached hydrogen (secondary N) is 1. The molecule has 1 aromatic carbocycles. The van der Waals surface area contributed by atoms with Crippen molar-refractivity contribution >= 4 is 0 Å². The quantitative estimate of drug-likeness (QED) is 0.816. The summed E-state index contributed by atoms with van der Waals surface area (Å²) in [6.45, 7) is 4.47. The third kappa shape index (κ3) is 3.52. The number of hydrogen-bond acceptors (Lipinski definition) is 2. The fourth-order valence-corrected chi connectivity index (χ4v) is 3.59. The van der Waals surface area contributed by atoms with Gasteiger partial charge in [-0.15, -0.1) is 0 Å². The van der Waals surface area contributed by atoms with Gasteiger partial charge >= 0.3 is 0 Å². The first kappa shape index (κ1) is 15.6. The standard InChI is InChI=1S/C19H25NO2/c21-19(18-9-4-5-10-18,17-7-2-1-3-8-17)11-6-12-20-13-15-22-16-14-20/h1-3,7-8,18,21H,4-5,9-10,12-16H2/p+1/t19-/m0/s1. The smallest absolute Gasteiger partial charge is 0.153 e. The van der Waals surface area contributed by atoms with Crippen LogP contribution in [0.2, 0.25) is 0 Å². The zero-order valence-corrected chi connectivity index (χ0v) is 13.2. The Morgan fingerprint density at radius 2 is 1.82 bits per heavy atom. The molecule has 1 saturated heterocycles. The second-order valence-electron chi connectivity index (χ2n) is 6.45. The molecule has 1 heterocycles. The van der Waals surface area contributed by atoms with Crippen molar-refractivity contribution < 1.29 is 14.7 Å². The largest absolute Gasteiger partial charge is 0.373 e.